The molecule has 0 spiro atoms. The van der Waals surface area contributed by atoms with Crippen molar-refractivity contribution >= 4 is 17.3 Å². The SMILES string of the molecule is CC(C(=O)O)N1CCOC(c2nc(C(C)(C)C)cs2)C1. The van der Waals surface area contributed by atoms with Gasteiger partial charge in [-0.2, -0.15) is 0 Å². The number of morpholine rings is 1. The van der Waals surface area contributed by atoms with Gasteiger partial charge in [0.15, 0.2) is 0 Å². The summed E-state index contributed by atoms with van der Waals surface area (Å²) < 4.78 is 5.76. The summed E-state index contributed by atoms with van der Waals surface area (Å²) in [6.07, 6.45) is -0.119. The highest BCUT2D eigenvalue weighted by molar-refractivity contribution is 7.09. The van der Waals surface area contributed by atoms with Gasteiger partial charge in [-0.25, -0.2) is 4.98 Å². The average Bonchev–Trinajstić information content (AvgIpc) is 2.87. The van der Waals surface area contributed by atoms with Crippen molar-refractivity contribution in [3.63, 3.8) is 0 Å². The number of aliphatic carboxylic acids is 1. The molecule has 0 aromatic carbocycles. The van der Waals surface area contributed by atoms with E-state index in [2.05, 4.69) is 31.1 Å². The fourth-order valence-electron chi connectivity index (χ4n) is 2.11. The number of hydrogen-bond acceptors (Lipinski definition) is 5. The number of rotatable bonds is 3. The first-order valence-corrected chi connectivity index (χ1v) is 7.71. The second-order valence-corrected chi connectivity index (χ2v) is 7.08. The largest absolute Gasteiger partial charge is 0.480 e. The van der Waals surface area contributed by atoms with E-state index in [0.29, 0.717) is 19.7 Å². The summed E-state index contributed by atoms with van der Waals surface area (Å²) in [6.45, 7) is 9.90. The molecule has 1 aliphatic heterocycles. The zero-order chi connectivity index (χ0) is 14.9. The predicted octanol–water partition coefficient (Wildman–Crippen LogP) is 2.29. The van der Waals surface area contributed by atoms with Crippen LogP contribution in [0, 0.1) is 0 Å². The smallest absolute Gasteiger partial charge is 0.320 e. The van der Waals surface area contributed by atoms with Crippen LogP contribution in [0.3, 0.4) is 0 Å². The summed E-state index contributed by atoms with van der Waals surface area (Å²) in [5.74, 6) is -0.792. The zero-order valence-corrected chi connectivity index (χ0v) is 13.2. The summed E-state index contributed by atoms with van der Waals surface area (Å²) in [4.78, 5) is 17.7. The molecule has 1 aromatic rings. The minimum Gasteiger partial charge on any atom is -0.480 e. The van der Waals surface area contributed by atoms with Gasteiger partial charge < -0.3 is 9.84 Å². The third-order valence-electron chi connectivity index (χ3n) is 3.57. The van der Waals surface area contributed by atoms with E-state index in [0.717, 1.165) is 10.7 Å². The first kappa shape index (κ1) is 15.4. The van der Waals surface area contributed by atoms with E-state index in [1.54, 1.807) is 18.3 Å². The van der Waals surface area contributed by atoms with E-state index in [4.69, 9.17) is 9.84 Å². The van der Waals surface area contributed by atoms with Gasteiger partial charge in [-0.3, -0.25) is 9.69 Å². The van der Waals surface area contributed by atoms with E-state index in [9.17, 15) is 4.79 Å². The van der Waals surface area contributed by atoms with Crippen LogP contribution in [0.25, 0.3) is 0 Å². The maximum atomic E-state index is 11.1. The number of carboxylic acid groups (broad SMARTS) is 1. The van der Waals surface area contributed by atoms with E-state index >= 15 is 0 Å². The lowest BCUT2D eigenvalue weighted by molar-refractivity contribution is -0.145. The molecule has 2 rings (SSSR count). The molecular weight excluding hydrogens is 276 g/mol. The molecule has 0 radical (unpaired) electrons. The number of carbonyl (C=O) groups is 1. The molecular formula is C14H22N2O3S. The van der Waals surface area contributed by atoms with Gasteiger partial charge in [0.25, 0.3) is 0 Å². The molecule has 20 heavy (non-hydrogen) atoms. The summed E-state index contributed by atoms with van der Waals surface area (Å²) in [7, 11) is 0. The highest BCUT2D eigenvalue weighted by Gasteiger charge is 2.30. The Balaban J connectivity index is 2.09. The van der Waals surface area contributed by atoms with E-state index in [1.807, 2.05) is 4.90 Å². The number of aromatic nitrogens is 1. The van der Waals surface area contributed by atoms with Gasteiger partial charge in [0.1, 0.15) is 17.2 Å². The van der Waals surface area contributed by atoms with Crippen LogP contribution in [0.1, 0.15) is 44.5 Å². The molecule has 1 N–H and O–H groups in total. The number of nitrogens with zero attached hydrogens (tertiary/aromatic N) is 2. The Kier molecular flexibility index (Phi) is 4.46. The second kappa shape index (κ2) is 5.79. The minimum absolute atomic E-state index is 0.0253. The van der Waals surface area contributed by atoms with Gasteiger partial charge in [-0.15, -0.1) is 11.3 Å². The molecule has 2 unspecified atom stereocenters. The van der Waals surface area contributed by atoms with Crippen molar-refractivity contribution in [3.8, 4) is 0 Å². The fourth-order valence-corrected chi connectivity index (χ4v) is 3.19. The molecule has 112 valence electrons. The van der Waals surface area contributed by atoms with Crippen molar-refractivity contribution in [2.75, 3.05) is 19.7 Å². The van der Waals surface area contributed by atoms with Crippen molar-refractivity contribution < 1.29 is 14.6 Å². The minimum atomic E-state index is -0.792. The summed E-state index contributed by atoms with van der Waals surface area (Å²) in [5, 5.41) is 12.1. The van der Waals surface area contributed by atoms with Crippen molar-refractivity contribution in [1.82, 2.24) is 9.88 Å². The van der Waals surface area contributed by atoms with Crippen LogP contribution in [0.5, 0.6) is 0 Å². The van der Waals surface area contributed by atoms with Gasteiger partial charge in [-0.1, -0.05) is 20.8 Å². The first-order valence-electron chi connectivity index (χ1n) is 6.83. The number of hydrogen-bond donors (Lipinski definition) is 1. The Morgan fingerprint density at radius 3 is 2.85 bits per heavy atom. The maximum absolute atomic E-state index is 11.1. The second-order valence-electron chi connectivity index (χ2n) is 6.19. The molecule has 6 heteroatoms. The molecule has 1 aliphatic rings. The quantitative estimate of drug-likeness (QED) is 0.927. The number of ether oxygens (including phenoxy) is 1. The van der Waals surface area contributed by atoms with Crippen molar-refractivity contribution in [2.45, 2.75) is 45.3 Å². The standard InChI is InChI=1S/C14H22N2O3S/c1-9(13(17)18)16-5-6-19-10(7-16)12-15-11(8-20-12)14(2,3)4/h8-10H,5-7H2,1-4H3,(H,17,18). The van der Waals surface area contributed by atoms with Crippen LogP contribution in [0.2, 0.25) is 0 Å². The summed E-state index contributed by atoms with van der Waals surface area (Å²) >= 11 is 1.59. The van der Waals surface area contributed by atoms with Gasteiger partial charge in [0.05, 0.1) is 12.3 Å². The van der Waals surface area contributed by atoms with Crippen LogP contribution in [-0.4, -0.2) is 46.7 Å². The molecule has 0 bridgehead atoms. The molecule has 0 aliphatic carbocycles. The Morgan fingerprint density at radius 2 is 2.30 bits per heavy atom. The molecule has 1 aromatic heterocycles. The van der Waals surface area contributed by atoms with E-state index in [1.165, 1.54) is 0 Å². The Morgan fingerprint density at radius 1 is 1.60 bits per heavy atom. The Labute approximate surface area is 123 Å². The fraction of sp³-hybridized carbons (Fsp3) is 0.714. The number of thiazole rings is 1. The molecule has 1 saturated heterocycles. The van der Waals surface area contributed by atoms with Crippen LogP contribution in [0.15, 0.2) is 5.38 Å². The van der Waals surface area contributed by atoms with Gasteiger partial charge in [-0.05, 0) is 6.92 Å². The van der Waals surface area contributed by atoms with Crippen molar-refractivity contribution in [3.05, 3.63) is 16.1 Å². The van der Waals surface area contributed by atoms with Crippen LogP contribution >= 0.6 is 11.3 Å². The number of carboxylic acids is 1. The van der Waals surface area contributed by atoms with Crippen LogP contribution < -0.4 is 0 Å². The lowest BCUT2D eigenvalue weighted by Gasteiger charge is -2.34. The summed E-state index contributed by atoms with van der Waals surface area (Å²) in [6, 6.07) is -0.483. The zero-order valence-electron chi connectivity index (χ0n) is 12.4. The molecule has 1 fully saturated rings. The maximum Gasteiger partial charge on any atom is 0.320 e. The Hall–Kier alpha value is -0.980. The topological polar surface area (TPSA) is 62.7 Å². The van der Waals surface area contributed by atoms with Crippen molar-refractivity contribution in [2.24, 2.45) is 0 Å². The van der Waals surface area contributed by atoms with E-state index in [-0.39, 0.29) is 11.5 Å². The molecule has 5 nitrogen and oxygen atoms in total. The van der Waals surface area contributed by atoms with Crippen LogP contribution in [0.4, 0.5) is 0 Å². The van der Waals surface area contributed by atoms with Crippen molar-refractivity contribution in [1.29, 1.82) is 0 Å². The third kappa shape index (κ3) is 3.37. The molecule has 2 heterocycles. The van der Waals surface area contributed by atoms with Gasteiger partial charge in [0, 0.05) is 23.9 Å². The Bertz CT molecular complexity index is 481. The van der Waals surface area contributed by atoms with Gasteiger partial charge in [0.2, 0.25) is 0 Å². The van der Waals surface area contributed by atoms with E-state index < -0.39 is 12.0 Å². The molecule has 0 amide bonds. The lowest BCUT2D eigenvalue weighted by atomic mass is 9.93. The molecule has 0 saturated carbocycles. The molecule has 2 atom stereocenters. The summed E-state index contributed by atoms with van der Waals surface area (Å²) in [5.41, 5.74) is 1.08. The predicted molar refractivity (Wildman–Crippen MR) is 78.2 cm³/mol. The monoisotopic (exact) mass is 298 g/mol. The highest BCUT2D eigenvalue weighted by Crippen LogP contribution is 2.30. The van der Waals surface area contributed by atoms with Crippen LogP contribution in [-0.2, 0) is 14.9 Å². The third-order valence-corrected chi connectivity index (χ3v) is 4.51. The lowest BCUT2D eigenvalue weighted by Crippen LogP contribution is -2.46. The van der Waals surface area contributed by atoms with Gasteiger partial charge >= 0.3 is 5.97 Å². The normalized spacial score (nSPS) is 22.7. The highest BCUT2D eigenvalue weighted by atomic mass is 32.1. The average molecular weight is 298 g/mol. The first-order chi connectivity index (χ1) is 9.29.